The van der Waals surface area contributed by atoms with Gasteiger partial charge in [0.2, 0.25) is 5.89 Å². The molecule has 1 saturated carbocycles. The van der Waals surface area contributed by atoms with Gasteiger partial charge < -0.3 is 10.3 Å². The molecular formula is C11H12N4O. The van der Waals surface area contributed by atoms with Gasteiger partial charge in [0.1, 0.15) is 6.04 Å². The van der Waals surface area contributed by atoms with Crippen molar-refractivity contribution in [2.24, 2.45) is 5.73 Å². The average molecular weight is 216 g/mol. The van der Waals surface area contributed by atoms with E-state index in [9.17, 15) is 0 Å². The topological polar surface area (TPSA) is 77.8 Å². The van der Waals surface area contributed by atoms with Crippen LogP contribution < -0.4 is 5.73 Å². The maximum Gasteiger partial charge on any atom is 0.248 e. The van der Waals surface area contributed by atoms with Gasteiger partial charge in [0.15, 0.2) is 5.82 Å². The molecule has 1 unspecified atom stereocenters. The van der Waals surface area contributed by atoms with Gasteiger partial charge in [0.25, 0.3) is 0 Å². The van der Waals surface area contributed by atoms with Crippen LogP contribution in [0.1, 0.15) is 42.1 Å². The van der Waals surface area contributed by atoms with E-state index in [1.54, 1.807) is 12.4 Å². The summed E-state index contributed by atoms with van der Waals surface area (Å²) in [5.74, 6) is 1.74. The number of pyridine rings is 1. The van der Waals surface area contributed by atoms with Crippen LogP contribution in [0.3, 0.4) is 0 Å². The molecule has 16 heavy (non-hydrogen) atoms. The maximum atomic E-state index is 6.01. The fraction of sp³-hybridized carbons (Fsp3) is 0.364. The van der Waals surface area contributed by atoms with E-state index in [2.05, 4.69) is 15.1 Å². The van der Waals surface area contributed by atoms with E-state index >= 15 is 0 Å². The number of aromatic nitrogens is 3. The first-order valence-corrected chi connectivity index (χ1v) is 5.33. The highest BCUT2D eigenvalue weighted by atomic mass is 16.5. The Hall–Kier alpha value is -1.75. The van der Waals surface area contributed by atoms with Crippen LogP contribution in [-0.2, 0) is 0 Å². The number of hydrogen-bond donors (Lipinski definition) is 1. The van der Waals surface area contributed by atoms with Gasteiger partial charge in [0.05, 0.1) is 0 Å². The number of nitrogens with two attached hydrogens (primary N) is 1. The lowest BCUT2D eigenvalue weighted by molar-refractivity contribution is 0.362. The molecule has 0 amide bonds. The largest absolute Gasteiger partial charge is 0.337 e. The second kappa shape index (κ2) is 3.68. The minimum atomic E-state index is -0.381. The van der Waals surface area contributed by atoms with E-state index in [4.69, 9.17) is 10.3 Å². The summed E-state index contributed by atoms with van der Waals surface area (Å²) in [4.78, 5) is 8.33. The molecule has 2 aromatic heterocycles. The van der Waals surface area contributed by atoms with Crippen molar-refractivity contribution in [3.63, 3.8) is 0 Å². The summed E-state index contributed by atoms with van der Waals surface area (Å²) >= 11 is 0. The molecule has 1 fully saturated rings. The third kappa shape index (κ3) is 1.69. The van der Waals surface area contributed by atoms with Gasteiger partial charge in [-0.2, -0.15) is 4.98 Å². The lowest BCUT2D eigenvalue weighted by atomic mass is 10.1. The molecule has 0 aliphatic heterocycles. The zero-order chi connectivity index (χ0) is 11.0. The fourth-order valence-corrected chi connectivity index (χ4v) is 1.58. The summed E-state index contributed by atoms with van der Waals surface area (Å²) in [5.41, 5.74) is 6.90. The number of rotatable bonds is 3. The Labute approximate surface area is 92.7 Å². The Morgan fingerprint density at radius 2 is 2.31 bits per heavy atom. The predicted molar refractivity (Wildman–Crippen MR) is 56.5 cm³/mol. The summed E-state index contributed by atoms with van der Waals surface area (Å²) < 4.78 is 5.17. The molecule has 1 aliphatic carbocycles. The quantitative estimate of drug-likeness (QED) is 0.838. The van der Waals surface area contributed by atoms with Gasteiger partial charge in [-0.05, 0) is 24.5 Å². The van der Waals surface area contributed by atoms with Crippen LogP contribution in [0.4, 0.5) is 0 Å². The Kier molecular flexibility index (Phi) is 2.18. The van der Waals surface area contributed by atoms with Crippen LogP contribution in [0.2, 0.25) is 0 Å². The molecule has 0 saturated heterocycles. The van der Waals surface area contributed by atoms with E-state index in [0.717, 1.165) is 24.2 Å². The Bertz CT molecular complexity index is 478. The highest BCUT2D eigenvalue weighted by Crippen LogP contribution is 2.38. The Morgan fingerprint density at radius 3 is 3.00 bits per heavy atom. The Morgan fingerprint density at radius 1 is 1.44 bits per heavy atom. The minimum Gasteiger partial charge on any atom is -0.337 e. The zero-order valence-electron chi connectivity index (χ0n) is 8.71. The van der Waals surface area contributed by atoms with Crippen molar-refractivity contribution < 1.29 is 4.52 Å². The second-order valence-corrected chi connectivity index (χ2v) is 4.03. The lowest BCUT2D eigenvalue weighted by Crippen LogP contribution is -2.12. The molecule has 0 radical (unpaired) electrons. The smallest absolute Gasteiger partial charge is 0.248 e. The molecule has 0 spiro atoms. The van der Waals surface area contributed by atoms with Gasteiger partial charge in [-0.1, -0.05) is 11.2 Å². The molecule has 0 aromatic carbocycles. The molecule has 1 aliphatic rings. The van der Waals surface area contributed by atoms with E-state index < -0.39 is 0 Å². The zero-order valence-corrected chi connectivity index (χ0v) is 8.71. The summed E-state index contributed by atoms with van der Waals surface area (Å²) in [6, 6.07) is 3.36. The summed E-state index contributed by atoms with van der Waals surface area (Å²) in [7, 11) is 0. The molecule has 2 heterocycles. The van der Waals surface area contributed by atoms with E-state index in [0.29, 0.717) is 11.8 Å². The summed E-state index contributed by atoms with van der Waals surface area (Å²) in [6.07, 6.45) is 5.73. The monoisotopic (exact) mass is 216 g/mol. The van der Waals surface area contributed by atoms with Gasteiger partial charge in [-0.15, -0.1) is 0 Å². The van der Waals surface area contributed by atoms with Crippen LogP contribution in [0, 0.1) is 0 Å². The third-order valence-corrected chi connectivity index (χ3v) is 2.71. The first-order valence-electron chi connectivity index (χ1n) is 5.33. The normalized spacial score (nSPS) is 17.3. The van der Waals surface area contributed by atoms with Crippen LogP contribution in [-0.4, -0.2) is 15.1 Å². The lowest BCUT2D eigenvalue weighted by Gasteiger charge is -2.04. The molecule has 3 rings (SSSR count). The van der Waals surface area contributed by atoms with Crippen molar-refractivity contribution in [1.82, 2.24) is 15.1 Å². The van der Waals surface area contributed by atoms with Gasteiger partial charge in [0, 0.05) is 18.3 Å². The molecule has 5 heteroatoms. The summed E-state index contributed by atoms with van der Waals surface area (Å²) in [5, 5.41) is 3.94. The Balaban J connectivity index is 1.85. The summed E-state index contributed by atoms with van der Waals surface area (Å²) in [6.45, 7) is 0. The molecule has 2 N–H and O–H groups in total. The standard InChI is InChI=1S/C11H12N4O/c12-9(8-2-1-5-13-6-8)11-14-10(15-16-11)7-3-4-7/h1-2,5-7,9H,3-4,12H2. The second-order valence-electron chi connectivity index (χ2n) is 4.03. The molecule has 1 atom stereocenters. The highest BCUT2D eigenvalue weighted by molar-refractivity contribution is 5.19. The van der Waals surface area contributed by atoms with Gasteiger partial charge >= 0.3 is 0 Å². The molecule has 82 valence electrons. The highest BCUT2D eigenvalue weighted by Gasteiger charge is 2.29. The van der Waals surface area contributed by atoms with Crippen molar-refractivity contribution in [2.45, 2.75) is 24.8 Å². The van der Waals surface area contributed by atoms with Crippen molar-refractivity contribution in [2.75, 3.05) is 0 Å². The van der Waals surface area contributed by atoms with E-state index in [1.807, 2.05) is 12.1 Å². The first-order chi connectivity index (χ1) is 7.84. The molecule has 5 nitrogen and oxygen atoms in total. The average Bonchev–Trinajstić information content (AvgIpc) is 3.08. The van der Waals surface area contributed by atoms with E-state index in [1.165, 1.54) is 0 Å². The van der Waals surface area contributed by atoms with Crippen molar-refractivity contribution in [3.05, 3.63) is 41.8 Å². The van der Waals surface area contributed by atoms with Crippen LogP contribution >= 0.6 is 0 Å². The van der Waals surface area contributed by atoms with Gasteiger partial charge in [-0.3, -0.25) is 4.98 Å². The van der Waals surface area contributed by atoms with Crippen LogP contribution in [0.15, 0.2) is 29.0 Å². The molecule has 2 aromatic rings. The maximum absolute atomic E-state index is 6.01. The fourth-order valence-electron chi connectivity index (χ4n) is 1.58. The SMILES string of the molecule is NC(c1cccnc1)c1nc(C2CC2)no1. The van der Waals surface area contributed by atoms with Crippen molar-refractivity contribution in [1.29, 1.82) is 0 Å². The third-order valence-electron chi connectivity index (χ3n) is 2.71. The van der Waals surface area contributed by atoms with Crippen LogP contribution in [0.25, 0.3) is 0 Å². The first kappa shape index (κ1) is 9.47. The molecule has 0 bridgehead atoms. The number of hydrogen-bond acceptors (Lipinski definition) is 5. The van der Waals surface area contributed by atoms with Crippen LogP contribution in [0.5, 0.6) is 0 Å². The van der Waals surface area contributed by atoms with Crippen molar-refractivity contribution in [3.8, 4) is 0 Å². The number of nitrogens with zero attached hydrogens (tertiary/aromatic N) is 3. The van der Waals surface area contributed by atoms with Crippen molar-refractivity contribution >= 4 is 0 Å². The van der Waals surface area contributed by atoms with Gasteiger partial charge in [-0.25, -0.2) is 0 Å². The predicted octanol–water partition coefficient (Wildman–Crippen LogP) is 1.39. The van der Waals surface area contributed by atoms with E-state index in [-0.39, 0.29) is 6.04 Å². The minimum absolute atomic E-state index is 0.381. The molecular weight excluding hydrogens is 204 g/mol.